The SMILES string of the molecule is FCn1ccc(C(F)F)n1. The van der Waals surface area contributed by atoms with E-state index < -0.39 is 18.9 Å². The summed E-state index contributed by atoms with van der Waals surface area (Å²) in [6.45, 7) is -0.868. The number of hydrogen-bond donors (Lipinski definition) is 0. The summed E-state index contributed by atoms with van der Waals surface area (Å²) in [5, 5.41) is 3.22. The van der Waals surface area contributed by atoms with Crippen LogP contribution in [0.3, 0.4) is 0 Å². The largest absolute Gasteiger partial charge is 0.282 e. The molecule has 1 aromatic rings. The topological polar surface area (TPSA) is 17.8 Å². The molecule has 0 spiro atoms. The summed E-state index contributed by atoms with van der Waals surface area (Å²) in [6, 6.07) is 1.09. The first kappa shape index (κ1) is 7.11. The minimum absolute atomic E-state index is 0.391. The average molecular weight is 150 g/mol. The van der Waals surface area contributed by atoms with Crippen LogP contribution in [0.5, 0.6) is 0 Å². The van der Waals surface area contributed by atoms with Crippen LogP contribution in [0.25, 0.3) is 0 Å². The summed E-state index contributed by atoms with van der Waals surface area (Å²) in [4.78, 5) is 0. The number of aromatic nitrogens is 2. The minimum atomic E-state index is -2.62. The van der Waals surface area contributed by atoms with Gasteiger partial charge in [0.15, 0.2) is 6.80 Å². The lowest BCUT2D eigenvalue weighted by Gasteiger charge is -1.90. The summed E-state index contributed by atoms with van der Waals surface area (Å²) >= 11 is 0. The van der Waals surface area contributed by atoms with Gasteiger partial charge in [-0.05, 0) is 6.07 Å². The molecule has 0 aliphatic carbocycles. The van der Waals surface area contributed by atoms with E-state index >= 15 is 0 Å². The third kappa shape index (κ3) is 1.29. The molecule has 0 unspecified atom stereocenters. The molecular formula is C5H5F3N2. The number of hydrogen-bond acceptors (Lipinski definition) is 1. The highest BCUT2D eigenvalue weighted by atomic mass is 19.3. The van der Waals surface area contributed by atoms with Crippen LogP contribution in [0.4, 0.5) is 13.2 Å². The molecule has 0 saturated carbocycles. The Balaban J connectivity index is 2.78. The van der Waals surface area contributed by atoms with Gasteiger partial charge in [-0.3, -0.25) is 0 Å². The molecular weight excluding hydrogens is 145 g/mol. The Morgan fingerprint density at radius 1 is 1.60 bits per heavy atom. The monoisotopic (exact) mass is 150 g/mol. The van der Waals surface area contributed by atoms with Gasteiger partial charge in [0.1, 0.15) is 5.69 Å². The smallest absolute Gasteiger partial charge is 0.241 e. The number of nitrogens with zero attached hydrogens (tertiary/aromatic N) is 2. The maximum absolute atomic E-state index is 11.7. The van der Waals surface area contributed by atoms with Crippen LogP contribution in [0.1, 0.15) is 12.1 Å². The molecule has 0 bridgehead atoms. The Bertz CT molecular complexity index is 208. The minimum Gasteiger partial charge on any atom is -0.241 e. The van der Waals surface area contributed by atoms with Gasteiger partial charge in [-0.25, -0.2) is 17.9 Å². The lowest BCUT2D eigenvalue weighted by Crippen LogP contribution is -1.94. The van der Waals surface area contributed by atoms with Gasteiger partial charge in [-0.1, -0.05) is 0 Å². The summed E-state index contributed by atoms with van der Waals surface area (Å²) in [5.41, 5.74) is -0.391. The first-order valence-corrected chi connectivity index (χ1v) is 2.61. The van der Waals surface area contributed by atoms with Gasteiger partial charge in [-0.15, -0.1) is 0 Å². The standard InChI is InChI=1S/C5H5F3N2/c6-3-10-2-1-4(9-10)5(7)8/h1-2,5H,3H2. The van der Waals surface area contributed by atoms with Gasteiger partial charge >= 0.3 is 0 Å². The van der Waals surface area contributed by atoms with E-state index in [0.717, 1.165) is 10.7 Å². The second-order valence-electron chi connectivity index (χ2n) is 1.70. The van der Waals surface area contributed by atoms with Gasteiger partial charge in [0.25, 0.3) is 6.43 Å². The van der Waals surface area contributed by atoms with Crippen LogP contribution in [0.15, 0.2) is 12.3 Å². The molecule has 5 heteroatoms. The normalized spacial score (nSPS) is 10.8. The van der Waals surface area contributed by atoms with Gasteiger partial charge in [-0.2, -0.15) is 5.10 Å². The zero-order valence-corrected chi connectivity index (χ0v) is 4.97. The van der Waals surface area contributed by atoms with E-state index in [0.29, 0.717) is 0 Å². The fourth-order valence-electron chi connectivity index (χ4n) is 0.560. The van der Waals surface area contributed by atoms with Crippen molar-refractivity contribution in [3.8, 4) is 0 Å². The number of halogens is 3. The highest BCUT2D eigenvalue weighted by Crippen LogP contribution is 2.14. The molecule has 0 N–H and O–H groups in total. The van der Waals surface area contributed by atoms with E-state index in [1.165, 1.54) is 6.20 Å². The van der Waals surface area contributed by atoms with Crippen LogP contribution in [0, 0.1) is 0 Å². The van der Waals surface area contributed by atoms with Gasteiger partial charge in [0.2, 0.25) is 0 Å². The summed E-state index contributed by atoms with van der Waals surface area (Å²) in [7, 11) is 0. The molecule has 56 valence electrons. The molecule has 0 aliphatic rings. The molecule has 0 saturated heterocycles. The van der Waals surface area contributed by atoms with Crippen molar-refractivity contribution in [1.29, 1.82) is 0 Å². The van der Waals surface area contributed by atoms with Crippen LogP contribution in [-0.4, -0.2) is 9.78 Å². The van der Waals surface area contributed by atoms with E-state index in [2.05, 4.69) is 5.10 Å². The van der Waals surface area contributed by atoms with Crippen molar-refractivity contribution in [2.45, 2.75) is 13.2 Å². The molecule has 1 rings (SSSR count). The van der Waals surface area contributed by atoms with E-state index in [9.17, 15) is 13.2 Å². The lowest BCUT2D eigenvalue weighted by atomic mass is 10.5. The third-order valence-corrected chi connectivity index (χ3v) is 1.01. The summed E-state index contributed by atoms with van der Waals surface area (Å²) < 4.78 is 35.9. The van der Waals surface area contributed by atoms with Crippen LogP contribution >= 0.6 is 0 Å². The van der Waals surface area contributed by atoms with Gasteiger partial charge < -0.3 is 0 Å². The average Bonchev–Trinajstić information content (AvgIpc) is 2.34. The van der Waals surface area contributed by atoms with E-state index in [4.69, 9.17) is 0 Å². The van der Waals surface area contributed by atoms with Crippen molar-refractivity contribution >= 4 is 0 Å². The Kier molecular flexibility index (Phi) is 1.94. The fourth-order valence-corrected chi connectivity index (χ4v) is 0.560. The molecule has 0 aliphatic heterocycles. The molecule has 10 heavy (non-hydrogen) atoms. The first-order chi connectivity index (χ1) is 4.74. The van der Waals surface area contributed by atoms with E-state index in [1.807, 2.05) is 0 Å². The molecule has 0 amide bonds. The second-order valence-corrected chi connectivity index (χ2v) is 1.70. The Hall–Kier alpha value is -1.00. The van der Waals surface area contributed by atoms with Gasteiger partial charge in [0.05, 0.1) is 0 Å². The van der Waals surface area contributed by atoms with Crippen molar-refractivity contribution in [2.24, 2.45) is 0 Å². The maximum atomic E-state index is 11.7. The van der Waals surface area contributed by atoms with Crippen molar-refractivity contribution in [3.05, 3.63) is 18.0 Å². The molecule has 2 nitrogen and oxygen atoms in total. The van der Waals surface area contributed by atoms with Crippen LogP contribution < -0.4 is 0 Å². The zero-order valence-electron chi connectivity index (χ0n) is 4.97. The first-order valence-electron chi connectivity index (χ1n) is 2.61. The Morgan fingerprint density at radius 3 is 2.60 bits per heavy atom. The van der Waals surface area contributed by atoms with Crippen molar-refractivity contribution in [3.63, 3.8) is 0 Å². The maximum Gasteiger partial charge on any atom is 0.282 e. The third-order valence-electron chi connectivity index (χ3n) is 1.01. The molecule has 0 atom stereocenters. The summed E-state index contributed by atoms with van der Waals surface area (Å²) in [6.07, 6.45) is -1.45. The van der Waals surface area contributed by atoms with Crippen molar-refractivity contribution < 1.29 is 13.2 Å². The predicted molar refractivity (Wildman–Crippen MR) is 28.3 cm³/mol. The number of alkyl halides is 3. The molecule has 0 radical (unpaired) electrons. The fraction of sp³-hybridized carbons (Fsp3) is 0.400. The van der Waals surface area contributed by atoms with Crippen LogP contribution in [0.2, 0.25) is 0 Å². The van der Waals surface area contributed by atoms with Crippen molar-refractivity contribution in [1.82, 2.24) is 9.78 Å². The molecule has 0 aromatic carbocycles. The number of rotatable bonds is 2. The Morgan fingerprint density at radius 2 is 2.30 bits per heavy atom. The summed E-state index contributed by atoms with van der Waals surface area (Å²) in [5.74, 6) is 0. The molecule has 1 aromatic heterocycles. The van der Waals surface area contributed by atoms with Crippen molar-refractivity contribution in [2.75, 3.05) is 0 Å². The van der Waals surface area contributed by atoms with Gasteiger partial charge in [0, 0.05) is 6.20 Å². The lowest BCUT2D eigenvalue weighted by molar-refractivity contribution is 0.144. The van der Waals surface area contributed by atoms with E-state index in [1.54, 1.807) is 0 Å². The quantitative estimate of drug-likeness (QED) is 0.627. The van der Waals surface area contributed by atoms with Crippen LogP contribution in [-0.2, 0) is 6.80 Å². The highest BCUT2D eigenvalue weighted by Gasteiger charge is 2.09. The van der Waals surface area contributed by atoms with E-state index in [-0.39, 0.29) is 0 Å². The predicted octanol–water partition coefficient (Wildman–Crippen LogP) is 1.75. The highest BCUT2D eigenvalue weighted by molar-refractivity contribution is 4.99. The zero-order chi connectivity index (χ0) is 7.56. The molecule has 0 fully saturated rings. The molecule has 1 heterocycles. The second kappa shape index (κ2) is 2.72. The Labute approximate surface area is 55.3 Å².